The zero-order valence-electron chi connectivity index (χ0n) is 14.8. The quantitative estimate of drug-likeness (QED) is 0.573. The van der Waals surface area contributed by atoms with Gasteiger partial charge in [-0.3, -0.25) is 4.79 Å². The third-order valence-electron chi connectivity index (χ3n) is 3.94. The highest BCUT2D eigenvalue weighted by molar-refractivity contribution is 7.17. The van der Waals surface area contributed by atoms with E-state index in [2.05, 4.69) is 20.6 Å². The van der Waals surface area contributed by atoms with Gasteiger partial charge in [0.25, 0.3) is 5.91 Å². The number of nitrogens with one attached hydrogen (secondary N) is 2. The number of anilines is 3. The van der Waals surface area contributed by atoms with Crippen molar-refractivity contribution in [2.75, 3.05) is 10.6 Å². The number of pyridine rings is 1. The highest BCUT2D eigenvalue weighted by atomic mass is 32.1. The summed E-state index contributed by atoms with van der Waals surface area (Å²) in [6, 6.07) is 5.33. The molecule has 3 rings (SSSR count). The summed E-state index contributed by atoms with van der Waals surface area (Å²) in [7, 11) is 0. The molecule has 0 aliphatic rings. The first-order valence-electron chi connectivity index (χ1n) is 8.02. The van der Waals surface area contributed by atoms with Gasteiger partial charge in [-0.2, -0.15) is 13.2 Å². The number of alkyl halides is 3. The van der Waals surface area contributed by atoms with Gasteiger partial charge in [0.05, 0.1) is 17.4 Å². The van der Waals surface area contributed by atoms with Gasteiger partial charge in [-0.05, 0) is 37.6 Å². The smallest absolute Gasteiger partial charge is 0.417 e. The lowest BCUT2D eigenvalue weighted by molar-refractivity contribution is -0.137. The topological polar surface area (TPSA) is 87.1 Å². The first kappa shape index (κ1) is 19.6. The molecular formula is C18H15F3N4O2S. The van der Waals surface area contributed by atoms with Crippen LogP contribution in [0.25, 0.3) is 0 Å². The fourth-order valence-electron chi connectivity index (χ4n) is 2.39. The molecule has 0 saturated heterocycles. The number of phenolic OH excluding ortho intramolecular Hbond substituents is 1. The molecular weight excluding hydrogens is 393 g/mol. The van der Waals surface area contributed by atoms with Gasteiger partial charge in [0.1, 0.15) is 16.4 Å². The number of phenols is 1. The lowest BCUT2D eigenvalue weighted by Crippen LogP contribution is -2.12. The normalized spacial score (nSPS) is 11.3. The fourth-order valence-corrected chi connectivity index (χ4v) is 3.10. The van der Waals surface area contributed by atoms with Gasteiger partial charge in [-0.1, -0.05) is 17.4 Å². The number of hydrogen-bond acceptors (Lipinski definition) is 6. The Bertz CT molecular complexity index is 1020. The van der Waals surface area contributed by atoms with Crippen LogP contribution in [0.4, 0.5) is 29.8 Å². The maximum absolute atomic E-state index is 12.6. The van der Waals surface area contributed by atoms with Crippen molar-refractivity contribution in [1.29, 1.82) is 0 Å². The summed E-state index contributed by atoms with van der Waals surface area (Å²) in [4.78, 5) is 20.5. The van der Waals surface area contributed by atoms with Crippen LogP contribution in [0.2, 0.25) is 0 Å². The van der Waals surface area contributed by atoms with E-state index in [0.29, 0.717) is 16.4 Å². The van der Waals surface area contributed by atoms with Gasteiger partial charge in [0.2, 0.25) is 0 Å². The highest BCUT2D eigenvalue weighted by Gasteiger charge is 2.30. The van der Waals surface area contributed by atoms with Crippen molar-refractivity contribution in [3.63, 3.8) is 0 Å². The summed E-state index contributed by atoms with van der Waals surface area (Å²) in [6.07, 6.45) is -2.39. The molecule has 0 aliphatic heterocycles. The molecule has 0 fully saturated rings. The number of aromatic nitrogens is 2. The molecule has 10 heteroatoms. The number of carbonyl (C=O) groups excluding carboxylic acids is 1. The number of amides is 1. The lowest BCUT2D eigenvalue weighted by Gasteiger charge is -2.11. The molecule has 2 aromatic heterocycles. The molecule has 1 aromatic carbocycles. The molecule has 0 unspecified atom stereocenters. The molecule has 0 spiro atoms. The zero-order chi connectivity index (χ0) is 20.5. The minimum absolute atomic E-state index is 0.0703. The van der Waals surface area contributed by atoms with Crippen molar-refractivity contribution < 1.29 is 23.1 Å². The molecule has 3 aromatic rings. The third kappa shape index (κ3) is 4.22. The standard InChI is InChI=1S/C18H15F3N4O2S/c1-9-3-5-12(26)10(2)15(9)25-16(27)13-8-23-17(28-13)24-14-6-4-11(7-22-14)18(19,20)21/h3-8,26H,1-2H3,(H,25,27)(H,22,23,24). The molecule has 0 bridgehead atoms. The molecule has 0 saturated carbocycles. The maximum Gasteiger partial charge on any atom is 0.417 e. The Morgan fingerprint density at radius 1 is 1.11 bits per heavy atom. The van der Waals surface area contributed by atoms with Gasteiger partial charge in [0.15, 0.2) is 5.13 Å². The average molecular weight is 408 g/mol. The first-order chi connectivity index (χ1) is 13.1. The SMILES string of the molecule is Cc1ccc(O)c(C)c1NC(=O)c1cnc(Nc2ccc(C(F)(F)F)cn2)s1. The summed E-state index contributed by atoms with van der Waals surface area (Å²) in [5.74, 6) is -0.169. The number of aromatic hydroxyl groups is 1. The molecule has 6 nitrogen and oxygen atoms in total. The first-order valence-corrected chi connectivity index (χ1v) is 8.83. The predicted octanol–water partition coefficient (Wildman–Crippen LogP) is 4.88. The van der Waals surface area contributed by atoms with Crippen LogP contribution in [-0.2, 0) is 6.18 Å². The number of carbonyl (C=O) groups is 1. The highest BCUT2D eigenvalue weighted by Crippen LogP contribution is 2.31. The summed E-state index contributed by atoms with van der Waals surface area (Å²) in [5.41, 5.74) is 0.997. The van der Waals surface area contributed by atoms with Crippen LogP contribution in [0.5, 0.6) is 5.75 Å². The molecule has 28 heavy (non-hydrogen) atoms. The Morgan fingerprint density at radius 2 is 1.86 bits per heavy atom. The molecule has 0 radical (unpaired) electrons. The van der Waals surface area contributed by atoms with E-state index in [4.69, 9.17) is 0 Å². The number of rotatable bonds is 4. The van der Waals surface area contributed by atoms with Crippen LogP contribution in [0.1, 0.15) is 26.4 Å². The zero-order valence-corrected chi connectivity index (χ0v) is 15.6. The van der Waals surface area contributed by atoms with E-state index in [1.165, 1.54) is 12.3 Å². The molecule has 3 N–H and O–H groups in total. The molecule has 0 aliphatic carbocycles. The van der Waals surface area contributed by atoms with E-state index in [0.717, 1.165) is 29.2 Å². The second kappa shape index (κ2) is 7.47. The van der Waals surface area contributed by atoms with Crippen molar-refractivity contribution >= 4 is 33.9 Å². The number of hydrogen-bond donors (Lipinski definition) is 3. The lowest BCUT2D eigenvalue weighted by atomic mass is 10.1. The van der Waals surface area contributed by atoms with Crippen LogP contribution < -0.4 is 10.6 Å². The second-order valence-corrected chi connectivity index (χ2v) is 6.97. The number of benzene rings is 1. The van der Waals surface area contributed by atoms with Crippen LogP contribution in [0.3, 0.4) is 0 Å². The number of aryl methyl sites for hydroxylation is 1. The van der Waals surface area contributed by atoms with E-state index >= 15 is 0 Å². The van der Waals surface area contributed by atoms with Gasteiger partial charge in [-0.25, -0.2) is 9.97 Å². The molecule has 146 valence electrons. The monoisotopic (exact) mass is 408 g/mol. The van der Waals surface area contributed by atoms with Gasteiger partial charge >= 0.3 is 6.18 Å². The van der Waals surface area contributed by atoms with Gasteiger partial charge < -0.3 is 15.7 Å². The van der Waals surface area contributed by atoms with E-state index in [9.17, 15) is 23.1 Å². The van der Waals surface area contributed by atoms with Crippen LogP contribution in [0.15, 0.2) is 36.7 Å². The van der Waals surface area contributed by atoms with E-state index in [-0.39, 0.29) is 16.4 Å². The summed E-state index contributed by atoms with van der Waals surface area (Å²) in [5, 5.41) is 15.6. The third-order valence-corrected chi connectivity index (χ3v) is 4.85. The minimum atomic E-state index is -4.46. The van der Waals surface area contributed by atoms with E-state index < -0.39 is 17.6 Å². The van der Waals surface area contributed by atoms with Crippen molar-refractivity contribution in [3.05, 3.63) is 58.2 Å². The van der Waals surface area contributed by atoms with Crippen LogP contribution in [-0.4, -0.2) is 21.0 Å². The largest absolute Gasteiger partial charge is 0.508 e. The Labute approximate surface area is 162 Å². The Hall–Kier alpha value is -3.14. The minimum Gasteiger partial charge on any atom is -0.508 e. The van der Waals surface area contributed by atoms with Gasteiger partial charge in [0, 0.05) is 11.8 Å². The van der Waals surface area contributed by atoms with Crippen molar-refractivity contribution in [3.8, 4) is 5.75 Å². The maximum atomic E-state index is 12.6. The van der Waals surface area contributed by atoms with Crippen LogP contribution in [0, 0.1) is 13.8 Å². The summed E-state index contributed by atoms with van der Waals surface area (Å²) < 4.78 is 37.7. The van der Waals surface area contributed by atoms with Crippen molar-refractivity contribution in [2.45, 2.75) is 20.0 Å². The summed E-state index contributed by atoms with van der Waals surface area (Å²) >= 11 is 1.02. The van der Waals surface area contributed by atoms with Crippen LogP contribution >= 0.6 is 11.3 Å². The van der Waals surface area contributed by atoms with Gasteiger partial charge in [-0.15, -0.1) is 0 Å². The van der Waals surface area contributed by atoms with E-state index in [1.807, 2.05) is 0 Å². The van der Waals surface area contributed by atoms with Crippen molar-refractivity contribution in [1.82, 2.24) is 9.97 Å². The Morgan fingerprint density at radius 3 is 2.50 bits per heavy atom. The summed E-state index contributed by atoms with van der Waals surface area (Å²) in [6.45, 7) is 3.49. The number of thiazole rings is 1. The molecule has 0 atom stereocenters. The Balaban J connectivity index is 1.72. The number of nitrogens with zero attached hydrogens (tertiary/aromatic N) is 2. The molecule has 1 amide bonds. The van der Waals surface area contributed by atoms with Crippen molar-refractivity contribution in [2.24, 2.45) is 0 Å². The second-order valence-electron chi connectivity index (χ2n) is 5.94. The Kier molecular flexibility index (Phi) is 5.23. The molecule has 2 heterocycles. The predicted molar refractivity (Wildman–Crippen MR) is 100 cm³/mol. The van der Waals surface area contributed by atoms with E-state index in [1.54, 1.807) is 26.0 Å². The average Bonchev–Trinajstić information content (AvgIpc) is 3.10. The number of halogens is 3. The fraction of sp³-hybridized carbons (Fsp3) is 0.167.